The molecule has 0 aromatic rings. The van der Waals surface area contributed by atoms with E-state index in [-0.39, 0.29) is 0 Å². The summed E-state index contributed by atoms with van der Waals surface area (Å²) in [5.74, 6) is 0.556. The number of allylic oxidation sites excluding steroid dienone is 4. The fraction of sp³-hybridized carbons (Fsp3) is 0.429. The average molecular weight is 93.1 g/mol. The first-order valence-electron chi connectivity index (χ1n) is 2.57. The van der Waals surface area contributed by atoms with Gasteiger partial charge in [-0.1, -0.05) is 19.1 Å². The second kappa shape index (κ2) is 1.53. The predicted octanol–water partition coefficient (Wildman–Crippen LogP) is 1.94. The van der Waals surface area contributed by atoms with E-state index in [2.05, 4.69) is 32.1 Å². The Bertz CT molecular complexity index is 118. The van der Waals surface area contributed by atoms with Gasteiger partial charge in [-0.3, -0.25) is 0 Å². The lowest BCUT2D eigenvalue weighted by Crippen LogP contribution is -1.74. The lowest BCUT2D eigenvalue weighted by atomic mass is 10.2. The molecule has 37 valence electrons. The highest BCUT2D eigenvalue weighted by Crippen LogP contribution is 2.11. The molecule has 0 bridgehead atoms. The van der Waals surface area contributed by atoms with Gasteiger partial charge in [0.15, 0.2) is 0 Å². The number of hydrogen-bond donors (Lipinski definition) is 0. The molecule has 0 heteroatoms. The van der Waals surface area contributed by atoms with Crippen molar-refractivity contribution in [2.24, 2.45) is 5.92 Å². The van der Waals surface area contributed by atoms with E-state index in [1.54, 1.807) is 0 Å². The van der Waals surface area contributed by atoms with Crippen molar-refractivity contribution in [3.05, 3.63) is 23.8 Å². The normalized spacial score (nSPS) is 28.3. The van der Waals surface area contributed by atoms with Crippen LogP contribution in [0.5, 0.6) is 0 Å². The van der Waals surface area contributed by atoms with Gasteiger partial charge in [-0.2, -0.15) is 0 Å². The molecule has 1 radical (unpaired) electrons. The second-order valence-electron chi connectivity index (χ2n) is 1.98. The second-order valence-corrected chi connectivity index (χ2v) is 1.98. The molecule has 1 aliphatic rings. The quantitative estimate of drug-likeness (QED) is 0.429. The van der Waals surface area contributed by atoms with Crippen LogP contribution >= 0.6 is 0 Å². The summed E-state index contributed by atoms with van der Waals surface area (Å²) < 4.78 is 0. The van der Waals surface area contributed by atoms with Crippen LogP contribution in [-0.4, -0.2) is 0 Å². The third-order valence-electron chi connectivity index (χ3n) is 1.09. The van der Waals surface area contributed by atoms with Crippen molar-refractivity contribution in [2.45, 2.75) is 13.8 Å². The Kier molecular flexibility index (Phi) is 1.01. The van der Waals surface area contributed by atoms with Gasteiger partial charge >= 0.3 is 0 Å². The Morgan fingerprint density at radius 2 is 2.43 bits per heavy atom. The molecule has 0 aromatic heterocycles. The molecule has 0 heterocycles. The van der Waals surface area contributed by atoms with Crippen LogP contribution in [0, 0.1) is 12.0 Å². The van der Waals surface area contributed by atoms with Gasteiger partial charge in [0.05, 0.1) is 0 Å². The van der Waals surface area contributed by atoms with Gasteiger partial charge in [0, 0.05) is 0 Å². The van der Waals surface area contributed by atoms with Crippen LogP contribution < -0.4 is 0 Å². The zero-order chi connectivity index (χ0) is 5.28. The molecule has 0 amide bonds. The highest BCUT2D eigenvalue weighted by atomic mass is 14.0. The van der Waals surface area contributed by atoms with E-state index in [0.29, 0.717) is 5.92 Å². The summed E-state index contributed by atoms with van der Waals surface area (Å²) in [5, 5.41) is 0. The van der Waals surface area contributed by atoms with Crippen molar-refractivity contribution in [3.8, 4) is 0 Å². The van der Waals surface area contributed by atoms with Gasteiger partial charge in [-0.05, 0) is 24.5 Å². The Balaban J connectivity index is 2.69. The Morgan fingerprint density at radius 1 is 1.71 bits per heavy atom. The molecule has 0 saturated carbocycles. The third-order valence-corrected chi connectivity index (χ3v) is 1.09. The molecular formula is C7H9. The zero-order valence-electron chi connectivity index (χ0n) is 4.73. The summed E-state index contributed by atoms with van der Waals surface area (Å²) in [6.45, 7) is 4.20. The molecule has 0 fully saturated rings. The van der Waals surface area contributed by atoms with Crippen LogP contribution in [0.1, 0.15) is 13.8 Å². The summed E-state index contributed by atoms with van der Waals surface area (Å²) in [6.07, 6.45) is 7.47. The highest BCUT2D eigenvalue weighted by Gasteiger charge is 1.97. The smallest absolute Gasteiger partial charge is 0.000155 e. The van der Waals surface area contributed by atoms with E-state index >= 15 is 0 Å². The number of hydrogen-bond acceptors (Lipinski definition) is 0. The molecule has 1 aliphatic carbocycles. The molecule has 0 N–H and O–H groups in total. The van der Waals surface area contributed by atoms with Gasteiger partial charge in [0.1, 0.15) is 0 Å². The maximum atomic E-state index is 3.22. The summed E-state index contributed by atoms with van der Waals surface area (Å²) in [6, 6.07) is 0. The van der Waals surface area contributed by atoms with Crippen LogP contribution in [-0.2, 0) is 0 Å². The maximum absolute atomic E-state index is 3.22. The molecule has 0 spiro atoms. The lowest BCUT2D eigenvalue weighted by Gasteiger charge is -1.84. The molecule has 0 aromatic carbocycles. The van der Waals surface area contributed by atoms with Crippen LogP contribution in [0.3, 0.4) is 0 Å². The summed E-state index contributed by atoms with van der Waals surface area (Å²) in [4.78, 5) is 0. The molecular weight excluding hydrogens is 84.1 g/mol. The molecule has 0 nitrogen and oxygen atoms in total. The fourth-order valence-corrected chi connectivity index (χ4v) is 0.744. The molecule has 0 aliphatic heterocycles. The minimum atomic E-state index is 0.556. The first-order valence-corrected chi connectivity index (χ1v) is 2.57. The van der Waals surface area contributed by atoms with Crippen molar-refractivity contribution in [3.63, 3.8) is 0 Å². The van der Waals surface area contributed by atoms with Crippen molar-refractivity contribution in [2.75, 3.05) is 0 Å². The Hall–Kier alpha value is -0.520. The fourth-order valence-electron chi connectivity index (χ4n) is 0.744. The molecule has 1 rings (SSSR count). The molecule has 0 saturated heterocycles. The lowest BCUT2D eigenvalue weighted by molar-refractivity contribution is 0.925. The van der Waals surface area contributed by atoms with E-state index in [9.17, 15) is 0 Å². The predicted molar refractivity (Wildman–Crippen MR) is 30.7 cm³/mol. The van der Waals surface area contributed by atoms with Gasteiger partial charge in [0.25, 0.3) is 0 Å². The van der Waals surface area contributed by atoms with Gasteiger partial charge < -0.3 is 0 Å². The zero-order valence-corrected chi connectivity index (χ0v) is 4.73. The van der Waals surface area contributed by atoms with E-state index in [1.165, 1.54) is 5.57 Å². The van der Waals surface area contributed by atoms with E-state index in [0.717, 1.165) is 0 Å². The summed E-state index contributed by atoms with van der Waals surface area (Å²) >= 11 is 0. The minimum Gasteiger partial charge on any atom is -0.0770 e. The largest absolute Gasteiger partial charge is 0.0770 e. The van der Waals surface area contributed by atoms with Crippen molar-refractivity contribution in [1.29, 1.82) is 0 Å². The van der Waals surface area contributed by atoms with Crippen LogP contribution in [0.25, 0.3) is 0 Å². The third kappa shape index (κ3) is 0.923. The van der Waals surface area contributed by atoms with Crippen molar-refractivity contribution >= 4 is 0 Å². The van der Waals surface area contributed by atoms with E-state index in [4.69, 9.17) is 0 Å². The molecule has 7 heavy (non-hydrogen) atoms. The topological polar surface area (TPSA) is 0 Å². The average Bonchev–Trinajstić information content (AvgIpc) is 1.87. The number of rotatable bonds is 0. The van der Waals surface area contributed by atoms with E-state index < -0.39 is 0 Å². The van der Waals surface area contributed by atoms with Gasteiger partial charge in [-0.15, -0.1) is 0 Å². The molecule has 1 atom stereocenters. The van der Waals surface area contributed by atoms with Crippen LogP contribution in [0.4, 0.5) is 0 Å². The maximum Gasteiger partial charge on any atom is -0.000155 e. The molecule has 1 unspecified atom stereocenters. The standard InChI is InChI=1S/C7H9/c1-6-3-4-7(2)5-6/h3-4,6H,1-2H3. The summed E-state index contributed by atoms with van der Waals surface area (Å²) in [7, 11) is 0. The monoisotopic (exact) mass is 93.1 g/mol. The summed E-state index contributed by atoms with van der Waals surface area (Å²) in [5.41, 5.74) is 1.27. The highest BCUT2D eigenvalue weighted by molar-refractivity contribution is 5.21. The van der Waals surface area contributed by atoms with E-state index in [1.807, 2.05) is 0 Å². The first-order chi connectivity index (χ1) is 3.29. The SMILES string of the molecule is CC1=[C]C(C)C=C1. The van der Waals surface area contributed by atoms with Gasteiger partial charge in [0.2, 0.25) is 0 Å². The van der Waals surface area contributed by atoms with Crippen LogP contribution in [0.2, 0.25) is 0 Å². The first kappa shape index (κ1) is 4.63. The van der Waals surface area contributed by atoms with Crippen molar-refractivity contribution in [1.82, 2.24) is 0 Å². The van der Waals surface area contributed by atoms with Crippen LogP contribution in [0.15, 0.2) is 17.7 Å². The Labute approximate surface area is 44.5 Å². The van der Waals surface area contributed by atoms with Gasteiger partial charge in [-0.25, -0.2) is 0 Å². The van der Waals surface area contributed by atoms with Crippen molar-refractivity contribution < 1.29 is 0 Å². The Morgan fingerprint density at radius 3 is 2.57 bits per heavy atom. The minimum absolute atomic E-state index is 0.556.